The van der Waals surface area contributed by atoms with Crippen molar-refractivity contribution < 1.29 is 47.8 Å². The minimum atomic E-state index is -0.620. The van der Waals surface area contributed by atoms with Crippen LogP contribution in [0.1, 0.15) is 47.0 Å². The Morgan fingerprint density at radius 1 is 0.531 bits per heavy atom. The summed E-state index contributed by atoms with van der Waals surface area (Å²) in [6.45, 7) is 5.00. The number of hydrogen-bond acceptors (Lipinski definition) is 12. The Morgan fingerprint density at radius 2 is 0.969 bits per heavy atom. The van der Waals surface area contributed by atoms with Crippen LogP contribution in [0.3, 0.4) is 0 Å². The number of benzene rings is 6. The van der Waals surface area contributed by atoms with Gasteiger partial charge in [-0.3, -0.25) is 34.1 Å². The molecule has 16 heteroatoms. The van der Waals surface area contributed by atoms with Gasteiger partial charge in [-0.15, -0.1) is 0 Å². The summed E-state index contributed by atoms with van der Waals surface area (Å²) in [6.07, 6.45) is -0.0695. The number of carbonyl (C=O) groups excluding carboxylic acids is 5. The summed E-state index contributed by atoms with van der Waals surface area (Å²) in [5.74, 6) is -2.61. The average Bonchev–Trinajstić information content (AvgIpc) is 3.31. The van der Waals surface area contributed by atoms with Crippen molar-refractivity contribution in [3.8, 4) is 0 Å². The quantitative estimate of drug-likeness (QED) is 0.104. The molecule has 16 nitrogen and oxygen atoms in total. The molecule has 0 spiro atoms. The molecular formula is C48H41N5O11. The van der Waals surface area contributed by atoms with Crippen LogP contribution in [0, 0.1) is 10.1 Å². The monoisotopic (exact) mass is 863 g/mol. The summed E-state index contributed by atoms with van der Waals surface area (Å²) < 4.78 is 22.6. The van der Waals surface area contributed by atoms with E-state index in [0.29, 0.717) is 105 Å². The van der Waals surface area contributed by atoms with E-state index >= 15 is 0 Å². The maximum absolute atomic E-state index is 14.1. The van der Waals surface area contributed by atoms with Gasteiger partial charge in [0.25, 0.3) is 29.3 Å². The molecular weight excluding hydrogens is 823 g/mol. The molecule has 64 heavy (non-hydrogen) atoms. The second-order valence-corrected chi connectivity index (χ2v) is 15.2. The summed E-state index contributed by atoms with van der Waals surface area (Å²) in [4.78, 5) is 84.3. The lowest BCUT2D eigenvalue weighted by atomic mass is 9.92. The van der Waals surface area contributed by atoms with E-state index in [9.17, 15) is 34.1 Å². The Kier molecular flexibility index (Phi) is 11.9. The highest BCUT2D eigenvalue weighted by Crippen LogP contribution is 2.39. The molecule has 1 N–H and O–H groups in total. The summed E-state index contributed by atoms with van der Waals surface area (Å²) in [5, 5.41) is 16.0. The van der Waals surface area contributed by atoms with Crippen LogP contribution in [0.25, 0.3) is 21.5 Å². The van der Waals surface area contributed by atoms with Crippen LogP contribution < -0.4 is 20.0 Å². The third kappa shape index (κ3) is 8.06. The molecule has 5 amide bonds. The van der Waals surface area contributed by atoms with Gasteiger partial charge in [-0.1, -0.05) is 30.3 Å². The van der Waals surface area contributed by atoms with Crippen LogP contribution in [0.4, 0.5) is 28.4 Å². The highest BCUT2D eigenvalue weighted by Gasteiger charge is 2.37. The Labute approximate surface area is 366 Å². The smallest absolute Gasteiger partial charge is 0.277 e. The first kappa shape index (κ1) is 42.0. The first-order valence-electron chi connectivity index (χ1n) is 20.8. The van der Waals surface area contributed by atoms with Gasteiger partial charge in [-0.05, 0) is 78.4 Å². The Balaban J connectivity index is 0.882. The molecule has 1 fully saturated rings. The van der Waals surface area contributed by atoms with Crippen molar-refractivity contribution >= 4 is 79.5 Å². The number of carbonyl (C=O) groups is 5. The molecule has 6 aromatic carbocycles. The zero-order valence-electron chi connectivity index (χ0n) is 34.5. The van der Waals surface area contributed by atoms with Crippen LogP contribution >= 0.6 is 0 Å². The third-order valence-electron chi connectivity index (χ3n) is 11.4. The Bertz CT molecular complexity index is 2790. The predicted molar refractivity (Wildman–Crippen MR) is 238 cm³/mol. The number of hydrogen-bond donors (Lipinski definition) is 1. The summed E-state index contributed by atoms with van der Waals surface area (Å²) >= 11 is 0. The largest absolute Gasteiger partial charge is 0.377 e. The lowest BCUT2D eigenvalue weighted by Crippen LogP contribution is -2.40. The van der Waals surface area contributed by atoms with Crippen molar-refractivity contribution in [2.75, 3.05) is 86.0 Å². The average molecular weight is 864 g/mol. The van der Waals surface area contributed by atoms with Crippen LogP contribution in [-0.4, -0.2) is 100 Å². The predicted octanol–water partition coefficient (Wildman–Crippen LogP) is 6.57. The highest BCUT2D eigenvalue weighted by molar-refractivity contribution is 6.37. The van der Waals surface area contributed by atoms with E-state index in [2.05, 4.69) is 10.2 Å². The van der Waals surface area contributed by atoms with Crippen LogP contribution in [0.15, 0.2) is 109 Å². The van der Waals surface area contributed by atoms with Crippen molar-refractivity contribution in [1.29, 1.82) is 0 Å². The first-order valence-corrected chi connectivity index (χ1v) is 20.8. The minimum absolute atomic E-state index is 0.0695. The lowest BCUT2D eigenvalue weighted by Gasteiger charge is -2.29. The maximum atomic E-state index is 14.1. The Morgan fingerprint density at radius 3 is 1.50 bits per heavy atom. The molecule has 0 saturated carbocycles. The standard InChI is InChI=1S/C48H41N5O11/c54-42(29-30-7-9-32(10-8-30)51-46(56)37-6-2-4-35-41(53(59)60)18-16-39(44(35)37)48(51)58)49-40-17-15-38-43-34(40)3-1-5-36(43)45(55)52(47(38)57)33-13-11-31(12-14-33)50-19-21-61-23-25-63-27-28-64-26-24-62-22-20-50/h1-18H,19-29H2,(H,49,54). The van der Waals surface area contributed by atoms with Crippen molar-refractivity contribution in [1.82, 2.24) is 0 Å². The molecule has 0 bridgehead atoms. The molecule has 1 saturated heterocycles. The molecule has 0 radical (unpaired) electrons. The number of ether oxygens (including phenoxy) is 4. The van der Waals surface area contributed by atoms with Gasteiger partial charge in [0.1, 0.15) is 0 Å². The van der Waals surface area contributed by atoms with Crippen molar-refractivity contribution in [3.05, 3.63) is 147 Å². The molecule has 324 valence electrons. The number of nitro benzene ring substituents is 1. The molecule has 0 aromatic heterocycles. The number of nitrogens with one attached hydrogen (secondary N) is 1. The molecule has 3 aliphatic heterocycles. The fraction of sp³-hybridized carbons (Fsp3) is 0.229. The number of nitrogens with zero attached hydrogens (tertiary/aromatic N) is 4. The van der Waals surface area contributed by atoms with Gasteiger partial charge in [-0.25, -0.2) is 9.80 Å². The van der Waals surface area contributed by atoms with E-state index in [-0.39, 0.29) is 45.6 Å². The van der Waals surface area contributed by atoms with Gasteiger partial charge in [0.15, 0.2) is 0 Å². The number of nitro groups is 1. The van der Waals surface area contributed by atoms with E-state index in [0.717, 1.165) is 15.5 Å². The third-order valence-corrected chi connectivity index (χ3v) is 11.4. The molecule has 0 atom stereocenters. The number of anilines is 4. The second kappa shape index (κ2) is 18.2. The molecule has 0 unspecified atom stereocenters. The SMILES string of the molecule is O=C(Cc1ccc(N2C(=O)c3cccc4c([N+](=O)[O-])ccc(c34)C2=O)cc1)Nc1ccc2c3c(cccc13)C(=O)N(c1ccc(N3CCOCCOCCOCCOCC3)cc1)C2=O. The number of non-ortho nitro benzene ring substituents is 1. The van der Waals surface area contributed by atoms with Gasteiger partial charge in [0, 0.05) is 68.9 Å². The van der Waals surface area contributed by atoms with Gasteiger partial charge < -0.3 is 29.2 Å². The number of amides is 5. The molecule has 3 heterocycles. The first-order chi connectivity index (χ1) is 31.2. The second-order valence-electron chi connectivity index (χ2n) is 15.2. The minimum Gasteiger partial charge on any atom is -0.377 e. The van der Waals surface area contributed by atoms with Gasteiger partial charge in [0.05, 0.1) is 81.0 Å². The highest BCUT2D eigenvalue weighted by atomic mass is 16.6. The summed E-state index contributed by atoms with van der Waals surface area (Å²) in [5.41, 5.74) is 3.32. The van der Waals surface area contributed by atoms with Gasteiger partial charge >= 0.3 is 0 Å². The maximum Gasteiger partial charge on any atom is 0.277 e. The lowest BCUT2D eigenvalue weighted by molar-refractivity contribution is -0.383. The fourth-order valence-corrected chi connectivity index (χ4v) is 8.35. The van der Waals surface area contributed by atoms with E-state index < -0.39 is 28.6 Å². The van der Waals surface area contributed by atoms with E-state index in [1.165, 1.54) is 24.3 Å². The summed E-state index contributed by atoms with van der Waals surface area (Å²) in [6, 6.07) is 29.2. The summed E-state index contributed by atoms with van der Waals surface area (Å²) in [7, 11) is 0. The number of rotatable bonds is 7. The van der Waals surface area contributed by atoms with Crippen LogP contribution in [0.5, 0.6) is 0 Å². The van der Waals surface area contributed by atoms with Crippen LogP contribution in [0.2, 0.25) is 0 Å². The normalized spacial score (nSPS) is 16.5. The van der Waals surface area contributed by atoms with Crippen LogP contribution in [-0.2, 0) is 30.2 Å². The molecule has 3 aliphatic rings. The van der Waals surface area contributed by atoms with E-state index in [1.54, 1.807) is 72.8 Å². The van der Waals surface area contributed by atoms with Gasteiger partial charge in [-0.2, -0.15) is 0 Å². The van der Waals surface area contributed by atoms with Gasteiger partial charge in [0.2, 0.25) is 5.91 Å². The molecule has 6 aromatic rings. The zero-order valence-corrected chi connectivity index (χ0v) is 34.5. The molecule has 0 aliphatic carbocycles. The van der Waals surface area contributed by atoms with E-state index in [1.807, 2.05) is 12.1 Å². The number of imide groups is 2. The van der Waals surface area contributed by atoms with Crippen molar-refractivity contribution in [2.45, 2.75) is 6.42 Å². The fourth-order valence-electron chi connectivity index (χ4n) is 8.35. The van der Waals surface area contributed by atoms with Crippen molar-refractivity contribution in [2.24, 2.45) is 0 Å². The Hall–Kier alpha value is -7.37. The zero-order chi connectivity index (χ0) is 44.3. The molecule has 9 rings (SSSR count). The van der Waals surface area contributed by atoms with Crippen molar-refractivity contribution in [3.63, 3.8) is 0 Å². The topological polar surface area (TPSA) is 187 Å². The van der Waals surface area contributed by atoms with E-state index in [4.69, 9.17) is 18.9 Å².